The summed E-state index contributed by atoms with van der Waals surface area (Å²) in [7, 11) is 0. The first-order valence-electron chi connectivity index (χ1n) is 6.24. The van der Waals surface area contributed by atoms with Gasteiger partial charge < -0.3 is 10.1 Å². The van der Waals surface area contributed by atoms with Crippen LogP contribution in [-0.2, 0) is 14.3 Å². The maximum atomic E-state index is 11.9. The number of ether oxygens (including phenoxy) is 1. The van der Waals surface area contributed by atoms with Gasteiger partial charge in [0.25, 0.3) is 11.6 Å². The topological polar surface area (TPSA) is 98.5 Å². The molecule has 1 saturated carbocycles. The normalized spacial score (nSPS) is 15.2. The Morgan fingerprint density at radius 3 is 2.65 bits per heavy atom. The summed E-state index contributed by atoms with van der Waals surface area (Å²) in [4.78, 5) is 33.5. The number of nitro benzene ring substituents is 1. The lowest BCUT2D eigenvalue weighted by atomic mass is 10.2. The number of benzene rings is 1. The predicted molar refractivity (Wildman–Crippen MR) is 70.0 cm³/mol. The van der Waals surface area contributed by atoms with Gasteiger partial charge in [-0.05, 0) is 25.8 Å². The van der Waals surface area contributed by atoms with Gasteiger partial charge in [-0.3, -0.25) is 19.7 Å². The maximum absolute atomic E-state index is 11.9. The molecule has 1 aliphatic rings. The van der Waals surface area contributed by atoms with Crippen molar-refractivity contribution >= 4 is 23.3 Å². The van der Waals surface area contributed by atoms with Gasteiger partial charge in [0.05, 0.1) is 10.8 Å². The van der Waals surface area contributed by atoms with E-state index in [0.29, 0.717) is 0 Å². The minimum absolute atomic E-state index is 0.0804. The first kappa shape index (κ1) is 14.0. The molecule has 0 aliphatic heterocycles. The molecule has 2 rings (SSSR count). The largest absolute Gasteiger partial charge is 0.452 e. The zero-order valence-electron chi connectivity index (χ0n) is 10.9. The SMILES string of the molecule is C[C@@H](OC(=O)C1CC1)C(=O)Nc1ccccc1[N+](=O)[O-]. The van der Waals surface area contributed by atoms with Crippen LogP contribution in [-0.4, -0.2) is 22.9 Å². The van der Waals surface area contributed by atoms with E-state index in [1.807, 2.05) is 0 Å². The summed E-state index contributed by atoms with van der Waals surface area (Å²) in [5, 5.41) is 13.2. The summed E-state index contributed by atoms with van der Waals surface area (Å²) in [6.07, 6.45) is 0.595. The van der Waals surface area contributed by atoms with Crippen molar-refractivity contribution in [3.63, 3.8) is 0 Å². The van der Waals surface area contributed by atoms with Crippen LogP contribution in [0, 0.1) is 16.0 Å². The fraction of sp³-hybridized carbons (Fsp3) is 0.385. The van der Waals surface area contributed by atoms with Crippen LogP contribution in [0.5, 0.6) is 0 Å². The average molecular weight is 278 g/mol. The number of nitrogens with zero attached hydrogens (tertiary/aromatic N) is 1. The molecule has 1 fully saturated rings. The minimum atomic E-state index is -0.983. The van der Waals surface area contributed by atoms with Gasteiger partial charge in [0.2, 0.25) is 0 Å². The van der Waals surface area contributed by atoms with E-state index in [0.717, 1.165) is 12.8 Å². The summed E-state index contributed by atoms with van der Waals surface area (Å²) in [6, 6.07) is 5.79. The Kier molecular flexibility index (Phi) is 3.97. The summed E-state index contributed by atoms with van der Waals surface area (Å²) in [5.74, 6) is -1.08. The lowest BCUT2D eigenvalue weighted by molar-refractivity contribution is -0.383. The third-order valence-electron chi connectivity index (χ3n) is 2.93. The highest BCUT2D eigenvalue weighted by molar-refractivity contribution is 5.97. The van der Waals surface area contributed by atoms with Gasteiger partial charge in [-0.15, -0.1) is 0 Å². The van der Waals surface area contributed by atoms with E-state index in [-0.39, 0.29) is 17.3 Å². The molecule has 0 bridgehead atoms. The molecule has 0 heterocycles. The summed E-state index contributed by atoms with van der Waals surface area (Å²) in [5.41, 5.74) is -0.126. The van der Waals surface area contributed by atoms with Crippen molar-refractivity contribution in [1.82, 2.24) is 0 Å². The number of hydrogen-bond acceptors (Lipinski definition) is 5. The lowest BCUT2D eigenvalue weighted by Gasteiger charge is -2.13. The number of rotatable bonds is 5. The minimum Gasteiger partial charge on any atom is -0.452 e. The number of amides is 1. The quantitative estimate of drug-likeness (QED) is 0.503. The molecule has 106 valence electrons. The van der Waals surface area contributed by atoms with Crippen LogP contribution < -0.4 is 5.32 Å². The van der Waals surface area contributed by atoms with Gasteiger partial charge in [0.1, 0.15) is 5.69 Å². The van der Waals surface area contributed by atoms with Crippen molar-refractivity contribution in [2.75, 3.05) is 5.32 Å². The molecule has 0 saturated heterocycles. The van der Waals surface area contributed by atoms with E-state index >= 15 is 0 Å². The molecule has 0 aromatic heterocycles. The summed E-state index contributed by atoms with van der Waals surface area (Å²) < 4.78 is 4.99. The molecular formula is C13H14N2O5. The van der Waals surface area contributed by atoms with Crippen molar-refractivity contribution < 1.29 is 19.2 Å². The third kappa shape index (κ3) is 3.31. The van der Waals surface area contributed by atoms with Crippen molar-refractivity contribution in [3.05, 3.63) is 34.4 Å². The van der Waals surface area contributed by atoms with Crippen molar-refractivity contribution in [2.24, 2.45) is 5.92 Å². The fourth-order valence-electron chi connectivity index (χ4n) is 1.62. The van der Waals surface area contributed by atoms with Crippen LogP contribution in [0.15, 0.2) is 24.3 Å². The van der Waals surface area contributed by atoms with Gasteiger partial charge in [-0.2, -0.15) is 0 Å². The molecule has 7 nitrogen and oxygen atoms in total. The fourth-order valence-corrected chi connectivity index (χ4v) is 1.62. The molecule has 1 atom stereocenters. The summed E-state index contributed by atoms with van der Waals surface area (Å²) in [6.45, 7) is 1.43. The molecule has 0 unspecified atom stereocenters. The lowest BCUT2D eigenvalue weighted by Crippen LogP contribution is -2.30. The summed E-state index contributed by atoms with van der Waals surface area (Å²) >= 11 is 0. The van der Waals surface area contributed by atoms with E-state index < -0.39 is 22.9 Å². The molecule has 0 spiro atoms. The van der Waals surface area contributed by atoms with Crippen LogP contribution in [0.2, 0.25) is 0 Å². The molecule has 0 radical (unpaired) electrons. The highest BCUT2D eigenvalue weighted by atomic mass is 16.6. The van der Waals surface area contributed by atoms with Crippen LogP contribution in [0.3, 0.4) is 0 Å². The smallest absolute Gasteiger partial charge is 0.309 e. The Hall–Kier alpha value is -2.44. The Bertz CT molecular complexity index is 553. The number of esters is 1. The molecule has 1 N–H and O–H groups in total. The zero-order chi connectivity index (χ0) is 14.7. The first-order chi connectivity index (χ1) is 9.49. The third-order valence-corrected chi connectivity index (χ3v) is 2.93. The maximum Gasteiger partial charge on any atom is 0.309 e. The number of hydrogen-bond donors (Lipinski definition) is 1. The number of nitro groups is 1. The second kappa shape index (κ2) is 5.68. The van der Waals surface area contributed by atoms with E-state index in [4.69, 9.17) is 4.74 Å². The average Bonchev–Trinajstić information content (AvgIpc) is 3.23. The molecular weight excluding hydrogens is 264 g/mol. The monoisotopic (exact) mass is 278 g/mol. The van der Waals surface area contributed by atoms with Crippen molar-refractivity contribution in [1.29, 1.82) is 0 Å². The number of carbonyl (C=O) groups is 2. The standard InChI is InChI=1S/C13H14N2O5/c1-8(20-13(17)9-6-7-9)12(16)14-10-4-2-3-5-11(10)15(18)19/h2-5,8-9H,6-7H2,1H3,(H,14,16)/t8-/m1/s1. The molecule has 1 amide bonds. The second-order valence-corrected chi connectivity index (χ2v) is 4.62. The zero-order valence-corrected chi connectivity index (χ0v) is 10.9. The number of para-hydroxylation sites is 2. The van der Waals surface area contributed by atoms with Crippen LogP contribution in [0.25, 0.3) is 0 Å². The van der Waals surface area contributed by atoms with Gasteiger partial charge in [0, 0.05) is 6.07 Å². The molecule has 7 heteroatoms. The van der Waals surface area contributed by atoms with Crippen LogP contribution in [0.1, 0.15) is 19.8 Å². The number of carbonyl (C=O) groups excluding carboxylic acids is 2. The molecule has 1 aliphatic carbocycles. The van der Waals surface area contributed by atoms with Crippen LogP contribution in [0.4, 0.5) is 11.4 Å². The van der Waals surface area contributed by atoms with E-state index in [1.54, 1.807) is 6.07 Å². The second-order valence-electron chi connectivity index (χ2n) is 4.62. The Balaban J connectivity index is 2.00. The van der Waals surface area contributed by atoms with Gasteiger partial charge in [-0.25, -0.2) is 0 Å². The van der Waals surface area contributed by atoms with Crippen molar-refractivity contribution in [2.45, 2.75) is 25.9 Å². The van der Waals surface area contributed by atoms with E-state index in [9.17, 15) is 19.7 Å². The van der Waals surface area contributed by atoms with Gasteiger partial charge >= 0.3 is 5.97 Å². The van der Waals surface area contributed by atoms with E-state index in [2.05, 4.69) is 5.32 Å². The number of nitrogens with one attached hydrogen (secondary N) is 1. The van der Waals surface area contributed by atoms with E-state index in [1.165, 1.54) is 25.1 Å². The van der Waals surface area contributed by atoms with Crippen molar-refractivity contribution in [3.8, 4) is 0 Å². The Morgan fingerprint density at radius 2 is 2.05 bits per heavy atom. The highest BCUT2D eigenvalue weighted by Gasteiger charge is 2.33. The molecule has 20 heavy (non-hydrogen) atoms. The Morgan fingerprint density at radius 1 is 1.40 bits per heavy atom. The van der Waals surface area contributed by atoms with Gasteiger partial charge in [-0.1, -0.05) is 12.1 Å². The predicted octanol–water partition coefficient (Wildman–Crippen LogP) is 1.88. The molecule has 1 aromatic carbocycles. The Labute approximate surface area is 115 Å². The highest BCUT2D eigenvalue weighted by Crippen LogP contribution is 2.30. The van der Waals surface area contributed by atoms with Crippen LogP contribution >= 0.6 is 0 Å². The first-order valence-corrected chi connectivity index (χ1v) is 6.24. The van der Waals surface area contributed by atoms with Gasteiger partial charge in [0.15, 0.2) is 6.10 Å². The molecule has 1 aromatic rings. The number of anilines is 1.